The Labute approximate surface area is 68.4 Å². The zero-order valence-electron chi connectivity index (χ0n) is 5.84. The minimum Gasteiger partial charge on any atom is -0.286 e. The van der Waals surface area contributed by atoms with Gasteiger partial charge in [0.15, 0.2) is 0 Å². The second-order valence-electron chi connectivity index (χ2n) is 2.09. The summed E-state index contributed by atoms with van der Waals surface area (Å²) in [6, 6.07) is 0. The van der Waals surface area contributed by atoms with E-state index in [9.17, 15) is 21.6 Å². The van der Waals surface area contributed by atoms with Gasteiger partial charge in [-0.05, 0) is 0 Å². The molecule has 0 aromatic heterocycles. The molecule has 0 aliphatic heterocycles. The summed E-state index contributed by atoms with van der Waals surface area (Å²) in [7, 11) is -9.17. The predicted molar refractivity (Wildman–Crippen MR) is 36.3 cm³/mol. The van der Waals surface area contributed by atoms with Gasteiger partial charge in [-0.25, -0.2) is 0 Å². The first-order valence-corrected chi connectivity index (χ1v) is 6.64. The van der Waals surface area contributed by atoms with Crippen LogP contribution in [-0.4, -0.2) is 40.2 Å². The maximum atomic E-state index is 11.9. The molecule has 0 aromatic carbocycles. The second-order valence-corrected chi connectivity index (χ2v) is 6.78. The Bertz CT molecular complexity index is 217. The zero-order chi connectivity index (χ0) is 9.83. The van der Waals surface area contributed by atoms with Crippen molar-refractivity contribution in [3.63, 3.8) is 0 Å². The van der Waals surface area contributed by atoms with Crippen molar-refractivity contribution >= 4 is 18.7 Å². The maximum absolute atomic E-state index is 11.9. The van der Waals surface area contributed by atoms with Crippen LogP contribution in [0, 0.1) is 0 Å². The molecule has 12 heavy (non-hydrogen) atoms. The van der Waals surface area contributed by atoms with Crippen LogP contribution in [0.1, 0.15) is 0 Å². The van der Waals surface area contributed by atoms with Crippen LogP contribution in [0.2, 0.25) is 0 Å². The summed E-state index contributed by atoms with van der Waals surface area (Å²) in [6.45, 7) is 0. The summed E-state index contributed by atoms with van der Waals surface area (Å²) in [5, 5.41) is 0. The topological polar surface area (TPSA) is 63.6 Å². The molecule has 0 saturated heterocycles. The Morgan fingerprint density at radius 2 is 1.50 bits per heavy atom. The summed E-state index contributed by atoms with van der Waals surface area (Å²) >= 11 is 0. The summed E-state index contributed by atoms with van der Waals surface area (Å²) in [5.41, 5.74) is 0. The first-order valence-electron chi connectivity index (χ1n) is 2.75. The van der Waals surface area contributed by atoms with Crippen LogP contribution in [-0.2, 0) is 14.3 Å². The standard InChI is InChI=1S/C3H7F3O4SSi/c4-1-12(2-5,3-6)10-11(7,8)9/h1-3H2,(H,7,8,9). The third-order valence-electron chi connectivity index (χ3n) is 1.01. The highest BCUT2D eigenvalue weighted by Crippen LogP contribution is 2.11. The van der Waals surface area contributed by atoms with Gasteiger partial charge in [-0.3, -0.25) is 21.6 Å². The van der Waals surface area contributed by atoms with E-state index in [1.807, 2.05) is 0 Å². The molecule has 0 aromatic rings. The van der Waals surface area contributed by atoms with Gasteiger partial charge in [-0.2, -0.15) is 8.42 Å². The molecule has 74 valence electrons. The largest absolute Gasteiger partial charge is 0.387 e. The van der Waals surface area contributed by atoms with E-state index in [2.05, 4.69) is 3.87 Å². The normalized spacial score (nSPS) is 13.3. The molecule has 9 heteroatoms. The van der Waals surface area contributed by atoms with Crippen molar-refractivity contribution in [2.75, 3.05) is 18.9 Å². The molecule has 0 heterocycles. The number of alkyl halides is 3. The molecular formula is C3H7F3O4SSi. The molecule has 0 radical (unpaired) electrons. The minimum atomic E-state index is -4.98. The van der Waals surface area contributed by atoms with Gasteiger partial charge in [0.25, 0.3) is 0 Å². The molecule has 0 fully saturated rings. The van der Waals surface area contributed by atoms with Gasteiger partial charge < -0.3 is 0 Å². The van der Waals surface area contributed by atoms with Crippen molar-refractivity contribution in [1.82, 2.24) is 0 Å². The number of halogens is 3. The van der Waals surface area contributed by atoms with Gasteiger partial charge in [0.05, 0.1) is 0 Å². The third-order valence-corrected chi connectivity index (χ3v) is 4.73. The third kappa shape index (κ3) is 3.52. The van der Waals surface area contributed by atoms with Crippen molar-refractivity contribution in [2.24, 2.45) is 0 Å². The highest BCUT2D eigenvalue weighted by atomic mass is 32.3. The van der Waals surface area contributed by atoms with Crippen LogP contribution in [0.3, 0.4) is 0 Å². The molecule has 0 rings (SSSR count). The fourth-order valence-corrected chi connectivity index (χ4v) is 2.93. The van der Waals surface area contributed by atoms with E-state index in [0.717, 1.165) is 0 Å². The van der Waals surface area contributed by atoms with E-state index in [1.54, 1.807) is 0 Å². The van der Waals surface area contributed by atoms with Crippen molar-refractivity contribution in [2.45, 2.75) is 0 Å². The minimum absolute atomic E-state index is 1.54. The summed E-state index contributed by atoms with van der Waals surface area (Å²) in [6.07, 6.45) is -4.63. The van der Waals surface area contributed by atoms with Crippen LogP contribution in [0.4, 0.5) is 13.2 Å². The highest BCUT2D eigenvalue weighted by molar-refractivity contribution is 7.82. The molecule has 0 spiro atoms. The number of hydrogen-bond acceptors (Lipinski definition) is 3. The van der Waals surface area contributed by atoms with Gasteiger partial charge >= 0.3 is 18.7 Å². The molecule has 1 N–H and O–H groups in total. The first-order chi connectivity index (χ1) is 5.39. The Kier molecular flexibility index (Phi) is 4.17. The Morgan fingerprint density at radius 3 is 1.58 bits per heavy atom. The highest BCUT2D eigenvalue weighted by Gasteiger charge is 2.41. The predicted octanol–water partition coefficient (Wildman–Crippen LogP) is 0.277. The van der Waals surface area contributed by atoms with E-state index >= 15 is 0 Å². The fourth-order valence-electron chi connectivity index (χ4n) is 0.397. The second kappa shape index (κ2) is 4.21. The molecule has 0 atom stereocenters. The van der Waals surface area contributed by atoms with Crippen LogP contribution in [0.25, 0.3) is 0 Å². The maximum Gasteiger partial charge on any atom is 0.387 e. The van der Waals surface area contributed by atoms with Crippen LogP contribution in [0.5, 0.6) is 0 Å². The number of rotatable bonds is 5. The first kappa shape index (κ1) is 11.9. The molecule has 0 aliphatic carbocycles. The van der Waals surface area contributed by atoms with Crippen molar-refractivity contribution in [1.29, 1.82) is 0 Å². The Balaban J connectivity index is 4.52. The van der Waals surface area contributed by atoms with Gasteiger partial charge in [0.1, 0.15) is 18.9 Å². The quantitative estimate of drug-likeness (QED) is 0.538. The lowest BCUT2D eigenvalue weighted by Crippen LogP contribution is -2.49. The smallest absolute Gasteiger partial charge is 0.286 e. The van der Waals surface area contributed by atoms with Gasteiger partial charge in [-0.1, -0.05) is 0 Å². The monoisotopic (exact) mass is 224 g/mol. The molecule has 0 bridgehead atoms. The molecule has 0 saturated carbocycles. The molecule has 0 amide bonds. The lowest BCUT2D eigenvalue weighted by molar-refractivity contribution is 0.342. The summed E-state index contributed by atoms with van der Waals surface area (Å²) in [5.74, 6) is 0. The lowest BCUT2D eigenvalue weighted by Gasteiger charge is -2.18. The van der Waals surface area contributed by atoms with Gasteiger partial charge in [0.2, 0.25) is 0 Å². The average Bonchev–Trinajstić information content (AvgIpc) is 1.99. The van der Waals surface area contributed by atoms with Gasteiger partial charge in [-0.15, -0.1) is 0 Å². The van der Waals surface area contributed by atoms with E-state index in [4.69, 9.17) is 4.55 Å². The number of hydrogen-bond donors (Lipinski definition) is 1. The Morgan fingerprint density at radius 1 is 1.17 bits per heavy atom. The van der Waals surface area contributed by atoms with Gasteiger partial charge in [0, 0.05) is 0 Å². The molecule has 0 aliphatic rings. The van der Waals surface area contributed by atoms with Crippen molar-refractivity contribution < 1.29 is 30.0 Å². The molecule has 0 unspecified atom stereocenters. The van der Waals surface area contributed by atoms with Crippen LogP contribution < -0.4 is 0 Å². The van der Waals surface area contributed by atoms with E-state index < -0.39 is 37.6 Å². The molecule has 4 nitrogen and oxygen atoms in total. The lowest BCUT2D eigenvalue weighted by atomic mass is 11.7. The van der Waals surface area contributed by atoms with E-state index in [1.165, 1.54) is 0 Å². The fraction of sp³-hybridized carbons (Fsp3) is 1.00. The zero-order valence-corrected chi connectivity index (χ0v) is 7.65. The van der Waals surface area contributed by atoms with E-state index in [0.29, 0.717) is 0 Å². The van der Waals surface area contributed by atoms with Crippen LogP contribution >= 0.6 is 0 Å². The molecular weight excluding hydrogens is 217 g/mol. The van der Waals surface area contributed by atoms with Crippen LogP contribution in [0.15, 0.2) is 0 Å². The summed E-state index contributed by atoms with van der Waals surface area (Å²) in [4.78, 5) is 0. The van der Waals surface area contributed by atoms with E-state index in [-0.39, 0.29) is 0 Å². The van der Waals surface area contributed by atoms with Crippen molar-refractivity contribution in [3.05, 3.63) is 0 Å². The summed E-state index contributed by atoms with van der Waals surface area (Å²) < 4.78 is 67.4. The Hall–Kier alpha value is -0.123. The SMILES string of the molecule is O=S(=O)(O)O[Si](CF)(CF)CF. The van der Waals surface area contributed by atoms with Crippen molar-refractivity contribution in [3.8, 4) is 0 Å². The average molecular weight is 224 g/mol.